The van der Waals surface area contributed by atoms with Crippen molar-refractivity contribution in [2.45, 2.75) is 11.0 Å². The maximum Gasteiger partial charge on any atom is 0.181 e. The summed E-state index contributed by atoms with van der Waals surface area (Å²) in [5.74, 6) is 1.11. The van der Waals surface area contributed by atoms with Gasteiger partial charge in [-0.05, 0) is 24.3 Å². The highest BCUT2D eigenvalue weighted by Crippen LogP contribution is 2.36. The number of epoxide rings is 1. The minimum Gasteiger partial charge on any atom is -0.454 e. The van der Waals surface area contributed by atoms with E-state index < -0.39 is 9.84 Å². The van der Waals surface area contributed by atoms with Gasteiger partial charge in [0.15, 0.2) is 15.6 Å². The molecule has 1 atom stereocenters. The van der Waals surface area contributed by atoms with Gasteiger partial charge in [0.25, 0.3) is 0 Å². The zero-order chi connectivity index (χ0) is 15.2. The minimum atomic E-state index is -3.37. The number of rotatable bonds is 3. The highest BCUT2D eigenvalue weighted by molar-refractivity contribution is 7.91. The van der Waals surface area contributed by atoms with Gasteiger partial charge in [-0.2, -0.15) is 0 Å². The van der Waals surface area contributed by atoms with Crippen LogP contribution in [0.15, 0.2) is 52.4 Å². The van der Waals surface area contributed by atoms with Gasteiger partial charge in [0.1, 0.15) is 11.4 Å². The lowest BCUT2D eigenvalue weighted by Gasteiger charge is -2.10. The van der Waals surface area contributed by atoms with Crippen LogP contribution < -0.4 is 4.74 Å². The number of para-hydroxylation sites is 2. The topological polar surface area (TPSA) is 68.3 Å². The molecule has 0 saturated carbocycles. The fraction of sp³-hybridized carbons (Fsp3) is 0.188. The summed E-state index contributed by atoms with van der Waals surface area (Å²) in [7, 11) is -3.37. The average Bonchev–Trinajstić information content (AvgIpc) is 3.31. The largest absolute Gasteiger partial charge is 0.454 e. The molecule has 1 fully saturated rings. The Kier molecular flexibility index (Phi) is 3.02. The first-order chi connectivity index (χ1) is 10.6. The molecule has 0 radical (unpaired) electrons. The zero-order valence-electron chi connectivity index (χ0n) is 11.6. The monoisotopic (exact) mass is 315 g/mol. The number of ether oxygens (including phenoxy) is 2. The molecule has 2 heterocycles. The van der Waals surface area contributed by atoms with Gasteiger partial charge in [-0.15, -0.1) is 0 Å². The molecular formula is C16H13NO4S. The SMILES string of the molecule is O=S(=O)(CC1CO1)c1ccc2c(c1)Oc1ccccc1N=C2. The highest BCUT2D eigenvalue weighted by Gasteiger charge is 2.30. The number of sulfone groups is 1. The molecule has 2 aliphatic rings. The predicted octanol–water partition coefficient (Wildman–Crippen LogP) is 2.72. The van der Waals surface area contributed by atoms with E-state index in [-0.39, 0.29) is 16.8 Å². The first kappa shape index (κ1) is 13.5. The van der Waals surface area contributed by atoms with Gasteiger partial charge < -0.3 is 9.47 Å². The van der Waals surface area contributed by atoms with Crippen LogP contribution in [0.5, 0.6) is 11.5 Å². The van der Waals surface area contributed by atoms with Crippen LogP contribution >= 0.6 is 0 Å². The number of hydrogen-bond acceptors (Lipinski definition) is 5. The molecule has 1 saturated heterocycles. The Hall–Kier alpha value is -2.18. The number of benzene rings is 2. The van der Waals surface area contributed by atoms with Crippen LogP contribution in [0.4, 0.5) is 5.69 Å². The van der Waals surface area contributed by atoms with Gasteiger partial charge in [0.2, 0.25) is 0 Å². The van der Waals surface area contributed by atoms with Crippen LogP contribution in [0.25, 0.3) is 0 Å². The summed E-state index contributed by atoms with van der Waals surface area (Å²) in [5.41, 5.74) is 1.47. The Balaban J connectivity index is 1.74. The van der Waals surface area contributed by atoms with E-state index >= 15 is 0 Å². The van der Waals surface area contributed by atoms with Crippen LogP contribution in [-0.2, 0) is 14.6 Å². The molecule has 0 spiro atoms. The summed E-state index contributed by atoms with van der Waals surface area (Å²) in [6.45, 7) is 0.515. The second kappa shape index (κ2) is 4.93. The van der Waals surface area contributed by atoms with Crippen molar-refractivity contribution in [3.8, 4) is 11.5 Å². The van der Waals surface area contributed by atoms with E-state index in [0.29, 0.717) is 18.1 Å². The lowest BCUT2D eigenvalue weighted by molar-refractivity contribution is 0.422. The molecule has 112 valence electrons. The average molecular weight is 315 g/mol. The molecule has 2 aliphatic heterocycles. The molecule has 6 heteroatoms. The smallest absolute Gasteiger partial charge is 0.181 e. The van der Waals surface area contributed by atoms with Crippen molar-refractivity contribution < 1.29 is 17.9 Å². The van der Waals surface area contributed by atoms with Gasteiger partial charge in [-0.3, -0.25) is 4.99 Å². The molecule has 0 bridgehead atoms. The Morgan fingerprint density at radius 3 is 2.77 bits per heavy atom. The van der Waals surface area contributed by atoms with E-state index in [1.807, 2.05) is 18.2 Å². The highest BCUT2D eigenvalue weighted by atomic mass is 32.2. The second-order valence-corrected chi connectivity index (χ2v) is 7.30. The van der Waals surface area contributed by atoms with Gasteiger partial charge in [-0.25, -0.2) is 8.42 Å². The number of nitrogens with zero attached hydrogens (tertiary/aromatic N) is 1. The Morgan fingerprint density at radius 1 is 1.14 bits per heavy atom. The molecule has 0 N–H and O–H groups in total. The third-order valence-electron chi connectivity index (χ3n) is 3.58. The molecule has 22 heavy (non-hydrogen) atoms. The molecule has 2 aromatic rings. The maximum absolute atomic E-state index is 12.3. The number of fused-ring (bicyclic) bond motifs is 2. The summed E-state index contributed by atoms with van der Waals surface area (Å²) in [4.78, 5) is 4.60. The van der Waals surface area contributed by atoms with E-state index in [1.54, 1.807) is 30.5 Å². The fourth-order valence-electron chi connectivity index (χ4n) is 2.32. The quantitative estimate of drug-likeness (QED) is 0.697. The lowest BCUT2D eigenvalue weighted by atomic mass is 10.2. The third kappa shape index (κ3) is 2.51. The molecule has 0 aromatic heterocycles. The summed E-state index contributed by atoms with van der Waals surface area (Å²) in [6, 6.07) is 12.2. The summed E-state index contributed by atoms with van der Waals surface area (Å²) in [6.07, 6.45) is 1.51. The van der Waals surface area contributed by atoms with E-state index in [1.165, 1.54) is 0 Å². The van der Waals surface area contributed by atoms with Crippen molar-refractivity contribution in [1.29, 1.82) is 0 Å². The normalized spacial score (nSPS) is 18.8. The van der Waals surface area contributed by atoms with Crippen LogP contribution in [0.3, 0.4) is 0 Å². The summed E-state index contributed by atoms with van der Waals surface area (Å²) >= 11 is 0. The van der Waals surface area contributed by atoms with Gasteiger partial charge in [0, 0.05) is 17.8 Å². The predicted molar refractivity (Wildman–Crippen MR) is 82.0 cm³/mol. The standard InChI is InChI=1S/C16H13NO4S/c18-22(19,10-12-9-20-12)13-6-5-11-8-17-14-3-1-2-4-15(14)21-16(11)7-13/h1-8,12H,9-10H2. The Labute approximate surface area is 128 Å². The van der Waals surface area contributed by atoms with Crippen LogP contribution in [0.1, 0.15) is 5.56 Å². The van der Waals surface area contributed by atoms with Crippen molar-refractivity contribution >= 4 is 21.7 Å². The van der Waals surface area contributed by atoms with E-state index in [0.717, 1.165) is 11.3 Å². The van der Waals surface area contributed by atoms with Gasteiger partial charge in [-0.1, -0.05) is 12.1 Å². The molecule has 5 nitrogen and oxygen atoms in total. The molecule has 1 unspecified atom stereocenters. The minimum absolute atomic E-state index is 0.0104. The maximum atomic E-state index is 12.3. The first-order valence-corrected chi connectivity index (χ1v) is 8.56. The van der Waals surface area contributed by atoms with Crippen molar-refractivity contribution in [2.75, 3.05) is 12.4 Å². The lowest BCUT2D eigenvalue weighted by Crippen LogP contribution is -2.12. The Morgan fingerprint density at radius 2 is 1.95 bits per heavy atom. The van der Waals surface area contributed by atoms with Crippen LogP contribution in [-0.4, -0.2) is 33.1 Å². The van der Waals surface area contributed by atoms with E-state index in [2.05, 4.69) is 4.99 Å². The molecular weight excluding hydrogens is 302 g/mol. The van der Waals surface area contributed by atoms with Gasteiger partial charge in [0.05, 0.1) is 23.4 Å². The molecule has 4 rings (SSSR count). The third-order valence-corrected chi connectivity index (χ3v) is 5.36. The molecule has 2 aromatic carbocycles. The number of aliphatic imine (C=N–C) groups is 1. The van der Waals surface area contributed by atoms with Gasteiger partial charge >= 0.3 is 0 Å². The second-order valence-electron chi connectivity index (χ2n) is 5.26. The fourth-order valence-corrected chi connectivity index (χ4v) is 3.75. The van der Waals surface area contributed by atoms with Crippen LogP contribution in [0, 0.1) is 0 Å². The number of hydrogen-bond donors (Lipinski definition) is 0. The zero-order valence-corrected chi connectivity index (χ0v) is 12.4. The van der Waals surface area contributed by atoms with Crippen molar-refractivity contribution in [2.24, 2.45) is 4.99 Å². The Bertz CT molecular complexity index is 869. The van der Waals surface area contributed by atoms with Crippen molar-refractivity contribution in [3.05, 3.63) is 48.0 Å². The van der Waals surface area contributed by atoms with E-state index in [4.69, 9.17) is 9.47 Å². The van der Waals surface area contributed by atoms with Crippen molar-refractivity contribution in [3.63, 3.8) is 0 Å². The summed E-state index contributed by atoms with van der Waals surface area (Å²) in [5, 5.41) is 0. The first-order valence-electron chi connectivity index (χ1n) is 6.91. The van der Waals surface area contributed by atoms with Crippen molar-refractivity contribution in [1.82, 2.24) is 0 Å². The van der Waals surface area contributed by atoms with Crippen LogP contribution in [0.2, 0.25) is 0 Å². The van der Waals surface area contributed by atoms with E-state index in [9.17, 15) is 8.42 Å². The summed E-state index contributed by atoms with van der Waals surface area (Å²) < 4.78 is 35.5. The molecule has 0 amide bonds. The molecule has 0 aliphatic carbocycles.